The third-order valence-electron chi connectivity index (χ3n) is 4.08. The summed E-state index contributed by atoms with van der Waals surface area (Å²) < 4.78 is 46.4. The number of hydrogen-bond donors (Lipinski definition) is 2. The zero-order valence-electron chi connectivity index (χ0n) is 15.9. The molecule has 0 unspecified atom stereocenters. The summed E-state index contributed by atoms with van der Waals surface area (Å²) in [7, 11) is -3.82. The quantitative estimate of drug-likeness (QED) is 0.553. The van der Waals surface area contributed by atoms with E-state index in [0.29, 0.717) is 10.7 Å². The SMILES string of the molecule is Cc1ccc(NS(=O)(=O)c2ccc(OCC(=O)Nc3ccccc3F)cc2)cc1Cl. The van der Waals surface area contributed by atoms with Gasteiger partial charge in [-0.3, -0.25) is 9.52 Å². The van der Waals surface area contributed by atoms with E-state index in [1.54, 1.807) is 18.2 Å². The van der Waals surface area contributed by atoms with Crippen LogP contribution in [0.15, 0.2) is 71.6 Å². The number of para-hydroxylation sites is 1. The molecule has 0 atom stereocenters. The van der Waals surface area contributed by atoms with E-state index in [0.717, 1.165) is 5.56 Å². The second-order valence-corrected chi connectivity index (χ2v) is 8.45. The first-order valence-electron chi connectivity index (χ1n) is 8.81. The minimum absolute atomic E-state index is 0.0161. The van der Waals surface area contributed by atoms with E-state index in [-0.39, 0.29) is 22.9 Å². The highest BCUT2D eigenvalue weighted by Gasteiger charge is 2.15. The number of sulfonamides is 1. The number of halogens is 2. The summed E-state index contributed by atoms with van der Waals surface area (Å²) in [6.45, 7) is 1.45. The van der Waals surface area contributed by atoms with Crippen molar-refractivity contribution in [2.24, 2.45) is 0 Å². The molecule has 30 heavy (non-hydrogen) atoms. The molecule has 0 spiro atoms. The molecule has 0 aliphatic heterocycles. The molecule has 3 rings (SSSR count). The van der Waals surface area contributed by atoms with Gasteiger partial charge in [0.05, 0.1) is 16.3 Å². The van der Waals surface area contributed by atoms with Crippen LogP contribution < -0.4 is 14.8 Å². The number of hydrogen-bond acceptors (Lipinski definition) is 4. The summed E-state index contributed by atoms with van der Waals surface area (Å²) >= 11 is 6.02. The van der Waals surface area contributed by atoms with Gasteiger partial charge in [0, 0.05) is 5.02 Å². The van der Waals surface area contributed by atoms with E-state index in [1.807, 2.05) is 6.92 Å². The summed E-state index contributed by atoms with van der Waals surface area (Å²) in [6.07, 6.45) is 0. The molecule has 6 nitrogen and oxygen atoms in total. The van der Waals surface area contributed by atoms with Crippen LogP contribution >= 0.6 is 11.6 Å². The molecule has 156 valence electrons. The van der Waals surface area contributed by atoms with Gasteiger partial charge in [0.2, 0.25) is 0 Å². The number of nitrogens with one attached hydrogen (secondary N) is 2. The van der Waals surface area contributed by atoms with E-state index in [9.17, 15) is 17.6 Å². The van der Waals surface area contributed by atoms with Gasteiger partial charge in [-0.25, -0.2) is 12.8 Å². The van der Waals surface area contributed by atoms with Crippen LogP contribution in [-0.4, -0.2) is 20.9 Å². The van der Waals surface area contributed by atoms with Crippen molar-refractivity contribution in [2.45, 2.75) is 11.8 Å². The summed E-state index contributed by atoms with van der Waals surface area (Å²) in [6, 6.07) is 16.2. The number of benzene rings is 3. The first-order chi connectivity index (χ1) is 14.2. The third kappa shape index (κ3) is 5.49. The van der Waals surface area contributed by atoms with Crippen molar-refractivity contribution in [3.05, 3.63) is 83.1 Å². The molecular weight excluding hydrogens is 431 g/mol. The lowest BCUT2D eigenvalue weighted by molar-refractivity contribution is -0.118. The van der Waals surface area contributed by atoms with Crippen molar-refractivity contribution < 1.29 is 22.3 Å². The Morgan fingerprint density at radius 3 is 2.43 bits per heavy atom. The van der Waals surface area contributed by atoms with Gasteiger partial charge < -0.3 is 10.1 Å². The molecule has 0 heterocycles. The van der Waals surface area contributed by atoms with Crippen LogP contribution in [0.1, 0.15) is 5.56 Å². The second-order valence-electron chi connectivity index (χ2n) is 6.36. The minimum atomic E-state index is -3.82. The summed E-state index contributed by atoms with van der Waals surface area (Å²) in [5.41, 5.74) is 1.23. The Morgan fingerprint density at radius 1 is 1.07 bits per heavy atom. The third-order valence-corrected chi connectivity index (χ3v) is 5.88. The van der Waals surface area contributed by atoms with Gasteiger partial charge in [0.1, 0.15) is 11.6 Å². The van der Waals surface area contributed by atoms with E-state index in [4.69, 9.17) is 16.3 Å². The van der Waals surface area contributed by atoms with E-state index in [2.05, 4.69) is 10.0 Å². The Bertz CT molecular complexity index is 1170. The van der Waals surface area contributed by atoms with Crippen molar-refractivity contribution in [1.29, 1.82) is 0 Å². The molecular formula is C21H18ClFN2O4S. The van der Waals surface area contributed by atoms with E-state index in [1.165, 1.54) is 48.5 Å². The van der Waals surface area contributed by atoms with Crippen LogP contribution in [0.3, 0.4) is 0 Å². The average molecular weight is 449 g/mol. The predicted octanol–water partition coefficient (Wildman–Crippen LogP) is 4.61. The Kier molecular flexibility index (Phi) is 6.59. The summed E-state index contributed by atoms with van der Waals surface area (Å²) in [5.74, 6) is -0.812. The van der Waals surface area contributed by atoms with Gasteiger partial charge in [0.25, 0.3) is 15.9 Å². The highest BCUT2D eigenvalue weighted by Crippen LogP contribution is 2.23. The molecule has 0 saturated heterocycles. The molecule has 1 amide bonds. The molecule has 0 bridgehead atoms. The van der Waals surface area contributed by atoms with Gasteiger partial charge in [-0.15, -0.1) is 0 Å². The van der Waals surface area contributed by atoms with Crippen molar-refractivity contribution in [2.75, 3.05) is 16.6 Å². The van der Waals surface area contributed by atoms with Crippen LogP contribution in [0.25, 0.3) is 0 Å². The molecule has 0 aromatic heterocycles. The highest BCUT2D eigenvalue weighted by molar-refractivity contribution is 7.92. The van der Waals surface area contributed by atoms with Gasteiger partial charge in [-0.1, -0.05) is 29.8 Å². The Hall–Kier alpha value is -3.10. The lowest BCUT2D eigenvalue weighted by Crippen LogP contribution is -2.20. The summed E-state index contributed by atoms with van der Waals surface area (Å²) in [4.78, 5) is 11.9. The fourth-order valence-corrected chi connectivity index (χ4v) is 3.71. The number of carbonyl (C=O) groups excluding carboxylic acids is 1. The monoisotopic (exact) mass is 448 g/mol. The first-order valence-corrected chi connectivity index (χ1v) is 10.7. The lowest BCUT2D eigenvalue weighted by Gasteiger charge is -2.11. The Morgan fingerprint density at radius 2 is 1.77 bits per heavy atom. The molecule has 0 aliphatic carbocycles. The lowest BCUT2D eigenvalue weighted by atomic mass is 10.2. The van der Waals surface area contributed by atoms with Crippen molar-refractivity contribution >= 4 is 38.9 Å². The summed E-state index contributed by atoms with van der Waals surface area (Å²) in [5, 5.41) is 2.85. The number of ether oxygens (including phenoxy) is 1. The molecule has 9 heteroatoms. The van der Waals surface area contributed by atoms with Crippen LogP contribution in [0.4, 0.5) is 15.8 Å². The average Bonchev–Trinajstić information content (AvgIpc) is 2.71. The number of amides is 1. The highest BCUT2D eigenvalue weighted by atomic mass is 35.5. The zero-order chi connectivity index (χ0) is 21.7. The molecule has 0 radical (unpaired) electrons. The van der Waals surface area contributed by atoms with Gasteiger partial charge in [0.15, 0.2) is 6.61 Å². The molecule has 2 N–H and O–H groups in total. The van der Waals surface area contributed by atoms with E-state index < -0.39 is 21.7 Å². The first kappa shape index (κ1) is 21.6. The standard InChI is InChI=1S/C21H18ClFN2O4S/c1-14-6-7-15(12-18(14)22)25-30(27,28)17-10-8-16(9-11-17)29-13-21(26)24-20-5-3-2-4-19(20)23/h2-12,25H,13H2,1H3,(H,24,26). The number of aryl methyl sites for hydroxylation is 1. The smallest absolute Gasteiger partial charge is 0.262 e. The van der Waals surface area contributed by atoms with Gasteiger partial charge >= 0.3 is 0 Å². The largest absolute Gasteiger partial charge is 0.484 e. The normalized spacial score (nSPS) is 11.0. The second kappa shape index (κ2) is 9.15. The predicted molar refractivity (Wildman–Crippen MR) is 114 cm³/mol. The zero-order valence-corrected chi connectivity index (χ0v) is 17.4. The van der Waals surface area contributed by atoms with Crippen molar-refractivity contribution in [3.8, 4) is 5.75 Å². The number of anilines is 2. The van der Waals surface area contributed by atoms with Gasteiger partial charge in [-0.05, 0) is 61.0 Å². The maximum absolute atomic E-state index is 13.5. The Balaban J connectivity index is 1.60. The molecule has 0 fully saturated rings. The fraction of sp³-hybridized carbons (Fsp3) is 0.0952. The maximum Gasteiger partial charge on any atom is 0.262 e. The van der Waals surface area contributed by atoms with Gasteiger partial charge in [-0.2, -0.15) is 0 Å². The molecule has 0 saturated carbocycles. The van der Waals surface area contributed by atoms with Crippen LogP contribution in [0.5, 0.6) is 5.75 Å². The fourth-order valence-electron chi connectivity index (χ4n) is 2.48. The minimum Gasteiger partial charge on any atom is -0.484 e. The van der Waals surface area contributed by atoms with Crippen molar-refractivity contribution in [3.63, 3.8) is 0 Å². The van der Waals surface area contributed by atoms with Crippen LogP contribution in [0.2, 0.25) is 5.02 Å². The van der Waals surface area contributed by atoms with E-state index >= 15 is 0 Å². The van der Waals surface area contributed by atoms with Crippen LogP contribution in [-0.2, 0) is 14.8 Å². The number of rotatable bonds is 7. The van der Waals surface area contributed by atoms with Crippen molar-refractivity contribution in [1.82, 2.24) is 0 Å². The molecule has 3 aromatic carbocycles. The van der Waals surface area contributed by atoms with Crippen LogP contribution in [0, 0.1) is 12.7 Å². The molecule has 0 aliphatic rings. The Labute approximate surface area is 178 Å². The molecule has 3 aromatic rings. The topological polar surface area (TPSA) is 84.5 Å². The number of carbonyl (C=O) groups is 1. The maximum atomic E-state index is 13.5.